The van der Waals surface area contributed by atoms with Gasteiger partial charge in [-0.05, 0) is 49.1 Å². The molecule has 1 saturated heterocycles. The lowest BCUT2D eigenvalue weighted by atomic mass is 10.1. The molecule has 0 saturated carbocycles. The van der Waals surface area contributed by atoms with Crippen LogP contribution in [0.4, 0.5) is 11.4 Å². The van der Waals surface area contributed by atoms with Crippen LogP contribution in [-0.2, 0) is 17.6 Å². The van der Waals surface area contributed by atoms with Crippen LogP contribution in [0.25, 0.3) is 11.4 Å². The Hall–Kier alpha value is -3.15. The Labute approximate surface area is 183 Å². The van der Waals surface area contributed by atoms with E-state index in [0.717, 1.165) is 30.8 Å². The average molecular weight is 419 g/mol. The number of anilines is 2. The fourth-order valence-electron chi connectivity index (χ4n) is 3.89. The summed E-state index contributed by atoms with van der Waals surface area (Å²) in [5.41, 5.74) is 4.22. The van der Waals surface area contributed by atoms with Gasteiger partial charge in [-0.15, -0.1) is 0 Å². The summed E-state index contributed by atoms with van der Waals surface area (Å²) in [5, 5.41) is 7.00. The lowest BCUT2D eigenvalue weighted by Gasteiger charge is -2.22. The van der Waals surface area contributed by atoms with Crippen molar-refractivity contribution in [1.29, 1.82) is 0 Å². The highest BCUT2D eigenvalue weighted by molar-refractivity contribution is 5.91. The number of nitrogens with one attached hydrogen (secondary N) is 1. The Balaban J connectivity index is 1.27. The number of hydrogen-bond donors (Lipinski definition) is 1. The lowest BCUT2D eigenvalue weighted by Crippen LogP contribution is -2.23. The van der Waals surface area contributed by atoms with E-state index >= 15 is 0 Å². The summed E-state index contributed by atoms with van der Waals surface area (Å²) < 4.78 is 5.32. The molecule has 162 valence electrons. The Morgan fingerprint density at radius 2 is 1.71 bits per heavy atom. The van der Waals surface area contributed by atoms with Crippen molar-refractivity contribution in [3.8, 4) is 11.4 Å². The number of aromatic nitrogens is 2. The molecule has 6 heteroatoms. The van der Waals surface area contributed by atoms with E-state index in [1.807, 2.05) is 24.3 Å². The number of hydrogen-bond acceptors (Lipinski definition) is 5. The molecule has 2 aromatic carbocycles. The summed E-state index contributed by atoms with van der Waals surface area (Å²) in [6.45, 7) is 4.35. The maximum Gasteiger partial charge on any atom is 0.227 e. The number of nitrogens with zero attached hydrogens (tertiary/aromatic N) is 3. The van der Waals surface area contributed by atoms with E-state index in [1.165, 1.54) is 36.9 Å². The second-order valence-electron chi connectivity index (χ2n) is 8.06. The first-order valence-corrected chi connectivity index (χ1v) is 11.3. The molecule has 0 spiro atoms. The fraction of sp³-hybridized carbons (Fsp3) is 0.400. The zero-order chi connectivity index (χ0) is 21.5. The van der Waals surface area contributed by atoms with Crippen molar-refractivity contribution in [2.75, 3.05) is 23.3 Å². The van der Waals surface area contributed by atoms with E-state index in [-0.39, 0.29) is 5.91 Å². The molecule has 0 atom stereocenters. The molecule has 1 amide bonds. The molecule has 2 heterocycles. The summed E-state index contributed by atoms with van der Waals surface area (Å²) >= 11 is 0. The zero-order valence-electron chi connectivity index (χ0n) is 18.1. The quantitative estimate of drug-likeness (QED) is 0.567. The molecule has 1 fully saturated rings. The van der Waals surface area contributed by atoms with Crippen molar-refractivity contribution in [1.82, 2.24) is 10.1 Å². The number of amides is 1. The van der Waals surface area contributed by atoms with Crippen LogP contribution in [0.1, 0.15) is 50.5 Å². The molecular formula is C25H30N4O2. The van der Waals surface area contributed by atoms with Crippen molar-refractivity contribution in [2.24, 2.45) is 0 Å². The molecule has 1 N–H and O–H groups in total. The second-order valence-corrected chi connectivity index (χ2v) is 8.06. The van der Waals surface area contributed by atoms with Crippen LogP contribution in [0.3, 0.4) is 0 Å². The third-order valence-electron chi connectivity index (χ3n) is 5.78. The highest BCUT2D eigenvalue weighted by Crippen LogP contribution is 2.22. The van der Waals surface area contributed by atoms with E-state index in [2.05, 4.69) is 51.5 Å². The number of carbonyl (C=O) groups excluding carboxylic acids is 1. The molecule has 31 heavy (non-hydrogen) atoms. The monoisotopic (exact) mass is 418 g/mol. The molecule has 0 radical (unpaired) electrons. The molecule has 0 bridgehead atoms. The Morgan fingerprint density at radius 3 is 2.39 bits per heavy atom. The van der Waals surface area contributed by atoms with E-state index in [0.29, 0.717) is 24.6 Å². The number of benzene rings is 2. The van der Waals surface area contributed by atoms with Crippen LogP contribution < -0.4 is 10.2 Å². The van der Waals surface area contributed by atoms with Gasteiger partial charge in [-0.1, -0.05) is 49.2 Å². The summed E-state index contributed by atoms with van der Waals surface area (Å²) in [7, 11) is 0. The highest BCUT2D eigenvalue weighted by atomic mass is 16.5. The van der Waals surface area contributed by atoms with Crippen LogP contribution in [0, 0.1) is 0 Å². The van der Waals surface area contributed by atoms with Gasteiger partial charge in [0.05, 0.1) is 0 Å². The summed E-state index contributed by atoms with van der Waals surface area (Å²) in [4.78, 5) is 19.2. The highest BCUT2D eigenvalue weighted by Gasteiger charge is 2.12. The van der Waals surface area contributed by atoms with Gasteiger partial charge in [-0.2, -0.15) is 4.98 Å². The first-order chi connectivity index (χ1) is 15.2. The molecule has 3 aromatic rings. The minimum Gasteiger partial charge on any atom is -0.372 e. The van der Waals surface area contributed by atoms with Crippen LogP contribution in [0.5, 0.6) is 0 Å². The molecule has 4 rings (SSSR count). The van der Waals surface area contributed by atoms with Crippen LogP contribution in [0.2, 0.25) is 0 Å². The van der Waals surface area contributed by atoms with E-state index < -0.39 is 0 Å². The molecule has 1 aliphatic rings. The SMILES string of the molecule is CCc1ccc(-c2noc(CCC(=O)Nc3ccc(N4CCCCCC4)cc3)n2)cc1. The smallest absolute Gasteiger partial charge is 0.227 e. The molecule has 0 aliphatic carbocycles. The van der Waals surface area contributed by atoms with Gasteiger partial charge in [0.25, 0.3) is 0 Å². The maximum atomic E-state index is 12.4. The van der Waals surface area contributed by atoms with Gasteiger partial charge in [0.1, 0.15) is 0 Å². The Kier molecular flexibility index (Phi) is 6.97. The Morgan fingerprint density at radius 1 is 1.00 bits per heavy atom. The fourth-order valence-corrected chi connectivity index (χ4v) is 3.89. The molecule has 1 aromatic heterocycles. The van der Waals surface area contributed by atoms with Gasteiger partial charge in [0.15, 0.2) is 0 Å². The average Bonchev–Trinajstić information content (AvgIpc) is 3.12. The minimum atomic E-state index is -0.0606. The molecular weight excluding hydrogens is 388 g/mol. The number of carbonyl (C=O) groups is 1. The van der Waals surface area contributed by atoms with Crippen molar-refractivity contribution in [3.63, 3.8) is 0 Å². The van der Waals surface area contributed by atoms with Gasteiger partial charge in [-0.3, -0.25) is 4.79 Å². The summed E-state index contributed by atoms with van der Waals surface area (Å²) in [5.74, 6) is 0.970. The van der Waals surface area contributed by atoms with Crippen molar-refractivity contribution < 1.29 is 9.32 Å². The van der Waals surface area contributed by atoms with E-state index in [4.69, 9.17) is 4.52 Å². The lowest BCUT2D eigenvalue weighted by molar-refractivity contribution is -0.116. The predicted octanol–water partition coefficient (Wildman–Crippen LogP) is 5.25. The zero-order valence-corrected chi connectivity index (χ0v) is 18.1. The first-order valence-electron chi connectivity index (χ1n) is 11.3. The third-order valence-corrected chi connectivity index (χ3v) is 5.78. The molecule has 0 unspecified atom stereocenters. The summed E-state index contributed by atoms with van der Waals surface area (Å²) in [6.07, 6.45) is 6.84. The third kappa shape index (κ3) is 5.72. The van der Waals surface area contributed by atoms with Gasteiger partial charge < -0.3 is 14.7 Å². The molecule has 1 aliphatic heterocycles. The maximum absolute atomic E-state index is 12.4. The van der Waals surface area contributed by atoms with Crippen molar-refractivity contribution in [3.05, 3.63) is 60.0 Å². The van der Waals surface area contributed by atoms with Gasteiger partial charge in [0, 0.05) is 42.9 Å². The molecule has 6 nitrogen and oxygen atoms in total. The Bertz CT molecular complexity index is 972. The standard InChI is InChI=1S/C25H30N4O2/c1-2-19-7-9-20(10-8-19)25-27-24(31-28-25)16-15-23(30)26-21-11-13-22(14-12-21)29-17-5-3-4-6-18-29/h7-14H,2-6,15-18H2,1H3,(H,26,30). The largest absolute Gasteiger partial charge is 0.372 e. The number of rotatable bonds is 7. The first kappa shape index (κ1) is 21.1. The second kappa shape index (κ2) is 10.2. The van der Waals surface area contributed by atoms with E-state index in [9.17, 15) is 4.79 Å². The van der Waals surface area contributed by atoms with Crippen LogP contribution in [-0.4, -0.2) is 29.1 Å². The predicted molar refractivity (Wildman–Crippen MR) is 123 cm³/mol. The van der Waals surface area contributed by atoms with Crippen LogP contribution >= 0.6 is 0 Å². The van der Waals surface area contributed by atoms with Crippen molar-refractivity contribution >= 4 is 17.3 Å². The normalized spacial score (nSPS) is 14.3. The van der Waals surface area contributed by atoms with Gasteiger partial charge in [-0.25, -0.2) is 0 Å². The minimum absolute atomic E-state index is 0.0606. The van der Waals surface area contributed by atoms with Gasteiger partial charge >= 0.3 is 0 Å². The van der Waals surface area contributed by atoms with Crippen LogP contribution in [0.15, 0.2) is 53.1 Å². The topological polar surface area (TPSA) is 71.3 Å². The van der Waals surface area contributed by atoms with Gasteiger partial charge in [0.2, 0.25) is 17.6 Å². The summed E-state index contributed by atoms with van der Waals surface area (Å²) in [6, 6.07) is 16.3. The van der Waals surface area contributed by atoms with E-state index in [1.54, 1.807) is 0 Å². The van der Waals surface area contributed by atoms with Crippen molar-refractivity contribution in [2.45, 2.75) is 51.9 Å². The number of aryl methyl sites for hydroxylation is 2.